The van der Waals surface area contributed by atoms with E-state index in [1.54, 1.807) is 7.11 Å². The fourth-order valence-corrected chi connectivity index (χ4v) is 2.62. The first kappa shape index (κ1) is 18.6. The summed E-state index contributed by atoms with van der Waals surface area (Å²) < 4.78 is 5.12. The van der Waals surface area contributed by atoms with Crippen molar-refractivity contribution in [2.24, 2.45) is 0 Å². The van der Waals surface area contributed by atoms with Crippen LogP contribution in [-0.2, 0) is 13.0 Å². The summed E-state index contributed by atoms with van der Waals surface area (Å²) in [5.74, 6) is 0.836. The first-order valence-corrected chi connectivity index (χ1v) is 8.33. The number of ether oxygens (including phenoxy) is 1. The Hall–Kier alpha value is -2.76. The Kier molecular flexibility index (Phi) is 6.62. The molecule has 2 rings (SSSR count). The Bertz CT molecular complexity index is 766. The van der Waals surface area contributed by atoms with Gasteiger partial charge in [0, 0.05) is 17.8 Å². The van der Waals surface area contributed by atoms with Crippen LogP contribution in [-0.4, -0.2) is 24.7 Å². The molecule has 2 amide bonds. The molecule has 0 radical (unpaired) electrons. The number of nitrogens with one attached hydrogen (secondary N) is 3. The van der Waals surface area contributed by atoms with Gasteiger partial charge in [0.05, 0.1) is 13.7 Å². The van der Waals surface area contributed by atoms with Crippen molar-refractivity contribution in [3.63, 3.8) is 0 Å². The van der Waals surface area contributed by atoms with Crippen molar-refractivity contribution in [3.05, 3.63) is 63.1 Å². The van der Waals surface area contributed by atoms with Gasteiger partial charge in [0.15, 0.2) is 0 Å². The minimum absolute atomic E-state index is 0.155. The third kappa shape index (κ3) is 5.67. The number of amides is 2. The highest BCUT2D eigenvalue weighted by Gasteiger charge is 2.07. The molecule has 1 aromatic carbocycles. The third-order valence-electron chi connectivity index (χ3n) is 4.01. The summed E-state index contributed by atoms with van der Waals surface area (Å²) in [5.41, 5.74) is 3.32. The van der Waals surface area contributed by atoms with Gasteiger partial charge in [-0.2, -0.15) is 0 Å². The maximum Gasteiger partial charge on any atom is 0.315 e. The Morgan fingerprint density at radius 2 is 1.88 bits per heavy atom. The molecule has 134 valence electrons. The zero-order valence-electron chi connectivity index (χ0n) is 14.9. The van der Waals surface area contributed by atoms with Crippen molar-refractivity contribution in [2.45, 2.75) is 33.2 Å². The number of H-pyrrole nitrogens is 1. The second-order valence-electron chi connectivity index (χ2n) is 6.00. The molecule has 0 aliphatic rings. The molecule has 0 aliphatic heterocycles. The second-order valence-corrected chi connectivity index (χ2v) is 6.00. The van der Waals surface area contributed by atoms with Crippen LogP contribution in [0.2, 0.25) is 0 Å². The van der Waals surface area contributed by atoms with Crippen molar-refractivity contribution >= 4 is 6.03 Å². The lowest BCUT2D eigenvalue weighted by atomic mass is 10.1. The van der Waals surface area contributed by atoms with Gasteiger partial charge in [0.1, 0.15) is 5.75 Å². The predicted octanol–water partition coefficient (Wildman–Crippen LogP) is 2.43. The Morgan fingerprint density at radius 1 is 1.16 bits per heavy atom. The third-order valence-corrected chi connectivity index (χ3v) is 4.01. The van der Waals surface area contributed by atoms with E-state index < -0.39 is 0 Å². The monoisotopic (exact) mass is 343 g/mol. The van der Waals surface area contributed by atoms with Crippen LogP contribution in [0.25, 0.3) is 0 Å². The molecule has 1 aromatic heterocycles. The van der Waals surface area contributed by atoms with E-state index in [9.17, 15) is 9.59 Å². The molecular weight excluding hydrogens is 318 g/mol. The number of carbonyl (C=O) groups excluding carboxylic acids is 1. The largest absolute Gasteiger partial charge is 0.497 e. The average molecular weight is 343 g/mol. The summed E-state index contributed by atoms with van der Waals surface area (Å²) in [4.78, 5) is 26.5. The fraction of sp³-hybridized carbons (Fsp3) is 0.368. The number of hydrogen-bond donors (Lipinski definition) is 3. The molecule has 3 N–H and O–H groups in total. The molecule has 25 heavy (non-hydrogen) atoms. The van der Waals surface area contributed by atoms with Crippen molar-refractivity contribution in [1.29, 1.82) is 0 Å². The van der Waals surface area contributed by atoms with Crippen LogP contribution in [0.3, 0.4) is 0 Å². The molecule has 0 aliphatic carbocycles. The van der Waals surface area contributed by atoms with Crippen LogP contribution in [0.15, 0.2) is 35.1 Å². The number of pyridine rings is 1. The first-order valence-electron chi connectivity index (χ1n) is 8.33. The maximum absolute atomic E-state index is 11.9. The minimum atomic E-state index is -0.269. The molecule has 0 atom stereocenters. The Morgan fingerprint density at radius 3 is 2.52 bits per heavy atom. The van der Waals surface area contributed by atoms with E-state index in [2.05, 4.69) is 15.6 Å². The number of rotatable bonds is 7. The summed E-state index contributed by atoms with van der Waals surface area (Å²) >= 11 is 0. The van der Waals surface area contributed by atoms with Gasteiger partial charge in [-0.1, -0.05) is 12.1 Å². The Labute approximate surface area is 147 Å². The van der Waals surface area contributed by atoms with Gasteiger partial charge < -0.3 is 20.4 Å². The number of urea groups is 1. The normalized spacial score (nSPS) is 10.4. The smallest absolute Gasteiger partial charge is 0.315 e. The molecule has 0 fully saturated rings. The molecule has 0 saturated carbocycles. The maximum atomic E-state index is 11.9. The second kappa shape index (κ2) is 8.92. The van der Waals surface area contributed by atoms with Gasteiger partial charge in [-0.05, 0) is 56.0 Å². The van der Waals surface area contributed by atoms with Crippen LogP contribution in [0.1, 0.15) is 28.8 Å². The summed E-state index contributed by atoms with van der Waals surface area (Å²) in [6.07, 6.45) is 1.71. The molecule has 0 saturated heterocycles. The number of carbonyl (C=O) groups is 1. The molecule has 0 spiro atoms. The van der Waals surface area contributed by atoms with E-state index in [0.29, 0.717) is 12.1 Å². The van der Waals surface area contributed by atoms with E-state index in [4.69, 9.17) is 4.74 Å². The van der Waals surface area contributed by atoms with E-state index in [1.807, 2.05) is 44.2 Å². The lowest BCUT2D eigenvalue weighted by Gasteiger charge is -2.09. The highest BCUT2D eigenvalue weighted by atomic mass is 16.5. The quantitative estimate of drug-likeness (QED) is 0.675. The van der Waals surface area contributed by atoms with Crippen molar-refractivity contribution < 1.29 is 9.53 Å². The highest BCUT2D eigenvalue weighted by molar-refractivity contribution is 5.73. The zero-order chi connectivity index (χ0) is 18.2. The number of hydrogen-bond acceptors (Lipinski definition) is 3. The van der Waals surface area contributed by atoms with Gasteiger partial charge >= 0.3 is 6.03 Å². The van der Waals surface area contributed by atoms with E-state index in [-0.39, 0.29) is 18.1 Å². The van der Waals surface area contributed by atoms with E-state index in [1.165, 1.54) is 5.56 Å². The summed E-state index contributed by atoms with van der Waals surface area (Å²) in [6, 6.07) is 9.52. The van der Waals surface area contributed by atoms with Gasteiger partial charge in [0.25, 0.3) is 5.56 Å². The minimum Gasteiger partial charge on any atom is -0.497 e. The van der Waals surface area contributed by atoms with E-state index in [0.717, 1.165) is 29.8 Å². The van der Waals surface area contributed by atoms with Crippen molar-refractivity contribution in [1.82, 2.24) is 15.6 Å². The van der Waals surface area contributed by atoms with Crippen LogP contribution >= 0.6 is 0 Å². The van der Waals surface area contributed by atoms with Crippen LogP contribution in [0.5, 0.6) is 5.75 Å². The van der Waals surface area contributed by atoms with Crippen molar-refractivity contribution in [3.8, 4) is 5.75 Å². The molecule has 6 nitrogen and oxygen atoms in total. The van der Waals surface area contributed by atoms with Gasteiger partial charge in [0.2, 0.25) is 0 Å². The zero-order valence-corrected chi connectivity index (χ0v) is 14.9. The average Bonchev–Trinajstić information content (AvgIpc) is 2.58. The highest BCUT2D eigenvalue weighted by Crippen LogP contribution is 2.12. The number of benzene rings is 1. The number of aromatic nitrogens is 1. The first-order chi connectivity index (χ1) is 12.0. The molecule has 2 aromatic rings. The molecule has 6 heteroatoms. The van der Waals surface area contributed by atoms with Gasteiger partial charge in [-0.25, -0.2) is 4.79 Å². The lowest BCUT2D eigenvalue weighted by molar-refractivity contribution is 0.240. The number of aromatic amines is 1. The van der Waals surface area contributed by atoms with Crippen LogP contribution in [0, 0.1) is 13.8 Å². The standard InChI is InChI=1S/C19H25N3O3/c1-13-11-14(2)22-18(23)17(13)12-21-19(24)20-10-4-5-15-6-8-16(25-3)9-7-15/h6-9,11H,4-5,10,12H2,1-3H3,(H,22,23)(H2,20,21,24). The topological polar surface area (TPSA) is 83.2 Å². The SMILES string of the molecule is COc1ccc(CCCNC(=O)NCc2c(C)cc(C)[nH]c2=O)cc1. The van der Waals surface area contributed by atoms with Crippen LogP contribution < -0.4 is 20.9 Å². The van der Waals surface area contributed by atoms with Gasteiger partial charge in [-0.3, -0.25) is 4.79 Å². The molecule has 0 bridgehead atoms. The summed E-state index contributed by atoms with van der Waals surface area (Å²) in [6.45, 7) is 4.49. The molecular formula is C19H25N3O3. The molecule has 1 heterocycles. The fourth-order valence-electron chi connectivity index (χ4n) is 2.62. The van der Waals surface area contributed by atoms with Crippen molar-refractivity contribution in [2.75, 3.05) is 13.7 Å². The number of aryl methyl sites for hydroxylation is 3. The van der Waals surface area contributed by atoms with Gasteiger partial charge in [-0.15, -0.1) is 0 Å². The van der Waals surface area contributed by atoms with Crippen LogP contribution in [0.4, 0.5) is 4.79 Å². The lowest BCUT2D eigenvalue weighted by Crippen LogP contribution is -2.37. The molecule has 0 unspecified atom stereocenters. The Balaban J connectivity index is 1.71. The predicted molar refractivity (Wildman–Crippen MR) is 98.1 cm³/mol. The summed E-state index contributed by atoms with van der Waals surface area (Å²) in [5, 5.41) is 5.54. The number of methoxy groups -OCH3 is 1. The summed E-state index contributed by atoms with van der Waals surface area (Å²) in [7, 11) is 1.64. The van der Waals surface area contributed by atoms with E-state index >= 15 is 0 Å².